The van der Waals surface area contributed by atoms with Crippen LogP contribution in [0.4, 0.5) is 0 Å². The average Bonchev–Trinajstić information content (AvgIpc) is 3.22. The summed E-state index contributed by atoms with van der Waals surface area (Å²) in [5, 5.41) is 2.57. The molecule has 1 aliphatic rings. The van der Waals surface area contributed by atoms with Gasteiger partial charge in [0.2, 0.25) is 23.5 Å². The van der Waals surface area contributed by atoms with Crippen LogP contribution in [-0.2, 0) is 16.1 Å². The van der Waals surface area contributed by atoms with E-state index in [-0.39, 0.29) is 24.5 Å². The van der Waals surface area contributed by atoms with Crippen LogP contribution in [0.15, 0.2) is 34.7 Å². The molecule has 2 amide bonds. The molecule has 1 aliphatic heterocycles. The SMILES string of the molecule is CN1CCN(Cc2nc(-c3ccccc3)oc2C(=O)CNC(=O)[CH]CC(C)(C)C(N)=O)CC1. The molecule has 1 saturated heterocycles. The summed E-state index contributed by atoms with van der Waals surface area (Å²) < 4.78 is 5.88. The first-order valence-electron chi connectivity index (χ1n) is 11.1. The second-order valence-corrected chi connectivity index (χ2v) is 9.04. The lowest BCUT2D eigenvalue weighted by Gasteiger charge is -2.31. The second kappa shape index (κ2) is 10.7. The summed E-state index contributed by atoms with van der Waals surface area (Å²) in [6.45, 7) is 7.23. The Hall–Kier alpha value is -3.04. The Morgan fingerprint density at radius 1 is 1.15 bits per heavy atom. The van der Waals surface area contributed by atoms with E-state index >= 15 is 0 Å². The van der Waals surface area contributed by atoms with Gasteiger partial charge in [0, 0.05) is 43.7 Å². The maximum Gasteiger partial charge on any atom is 0.227 e. The summed E-state index contributed by atoms with van der Waals surface area (Å²) in [5.41, 5.74) is 5.84. The first kappa shape index (κ1) is 24.6. The first-order chi connectivity index (χ1) is 15.7. The molecule has 3 rings (SSSR count). The monoisotopic (exact) mass is 454 g/mol. The maximum atomic E-state index is 13.0. The molecule has 1 aromatic heterocycles. The summed E-state index contributed by atoms with van der Waals surface area (Å²) in [7, 11) is 2.08. The summed E-state index contributed by atoms with van der Waals surface area (Å²) in [4.78, 5) is 45.7. The van der Waals surface area contributed by atoms with Crippen LogP contribution in [0.3, 0.4) is 0 Å². The van der Waals surface area contributed by atoms with E-state index in [0.717, 1.165) is 31.7 Å². The quantitative estimate of drug-likeness (QED) is 0.522. The third-order valence-electron chi connectivity index (χ3n) is 5.83. The number of oxazole rings is 1. The normalized spacial score (nSPS) is 15.4. The highest BCUT2D eigenvalue weighted by molar-refractivity contribution is 5.99. The number of nitrogens with one attached hydrogen (secondary N) is 1. The number of Topliss-reactive ketones (excluding diaryl/α,β-unsaturated/α-hetero) is 1. The van der Waals surface area contributed by atoms with Gasteiger partial charge in [0.1, 0.15) is 5.69 Å². The largest absolute Gasteiger partial charge is 0.433 e. The van der Waals surface area contributed by atoms with Gasteiger partial charge >= 0.3 is 0 Å². The number of benzene rings is 1. The zero-order valence-corrected chi connectivity index (χ0v) is 19.5. The van der Waals surface area contributed by atoms with Crippen LogP contribution < -0.4 is 11.1 Å². The predicted molar refractivity (Wildman–Crippen MR) is 124 cm³/mol. The van der Waals surface area contributed by atoms with Crippen molar-refractivity contribution in [1.82, 2.24) is 20.1 Å². The van der Waals surface area contributed by atoms with Crippen LogP contribution in [0.25, 0.3) is 11.5 Å². The van der Waals surface area contributed by atoms with E-state index in [1.807, 2.05) is 30.3 Å². The summed E-state index contributed by atoms with van der Waals surface area (Å²) >= 11 is 0. The lowest BCUT2D eigenvalue weighted by atomic mass is 9.87. The number of hydrogen-bond donors (Lipinski definition) is 2. The van der Waals surface area contributed by atoms with E-state index in [1.165, 1.54) is 6.42 Å². The number of likely N-dealkylation sites (N-methyl/N-ethyl adjacent to an activating group) is 1. The molecule has 0 aliphatic carbocycles. The van der Waals surface area contributed by atoms with Crippen LogP contribution in [0.5, 0.6) is 0 Å². The van der Waals surface area contributed by atoms with Crippen molar-refractivity contribution in [2.24, 2.45) is 11.1 Å². The number of nitrogens with zero attached hydrogens (tertiary/aromatic N) is 3. The molecule has 1 fully saturated rings. The van der Waals surface area contributed by atoms with Gasteiger partial charge in [0.25, 0.3) is 0 Å². The molecule has 0 bridgehead atoms. The highest BCUT2D eigenvalue weighted by Crippen LogP contribution is 2.24. The molecule has 0 saturated carbocycles. The number of ketones is 1. The van der Waals surface area contributed by atoms with Crippen molar-refractivity contribution in [3.05, 3.63) is 48.2 Å². The molecule has 9 nitrogen and oxygen atoms in total. The number of aromatic nitrogens is 1. The Morgan fingerprint density at radius 3 is 2.45 bits per heavy atom. The van der Waals surface area contributed by atoms with Gasteiger partial charge in [-0.25, -0.2) is 4.98 Å². The fourth-order valence-corrected chi connectivity index (χ4v) is 3.37. The smallest absolute Gasteiger partial charge is 0.227 e. The van der Waals surface area contributed by atoms with Crippen molar-refractivity contribution >= 4 is 17.6 Å². The summed E-state index contributed by atoms with van der Waals surface area (Å²) in [6.07, 6.45) is 1.51. The molecule has 9 heteroatoms. The van der Waals surface area contributed by atoms with Crippen molar-refractivity contribution in [3.63, 3.8) is 0 Å². The molecule has 1 aromatic carbocycles. The van der Waals surface area contributed by atoms with E-state index in [4.69, 9.17) is 10.2 Å². The lowest BCUT2D eigenvalue weighted by Crippen LogP contribution is -2.44. The minimum Gasteiger partial charge on any atom is -0.433 e. The molecular weight excluding hydrogens is 422 g/mol. The van der Waals surface area contributed by atoms with Gasteiger partial charge in [0.15, 0.2) is 5.76 Å². The molecule has 2 aromatic rings. The van der Waals surface area contributed by atoms with Gasteiger partial charge in [-0.3, -0.25) is 19.3 Å². The Kier molecular flexibility index (Phi) is 7.99. The minimum atomic E-state index is -0.841. The van der Waals surface area contributed by atoms with Crippen LogP contribution in [0.2, 0.25) is 0 Å². The fraction of sp³-hybridized carbons (Fsp3) is 0.458. The molecule has 177 valence electrons. The molecule has 33 heavy (non-hydrogen) atoms. The standard InChI is InChI=1S/C24H32N5O4/c1-24(2,23(25)32)10-9-20(31)26-15-19(30)21-18(16-29-13-11-28(3)12-14-29)27-22(33-21)17-7-5-4-6-8-17/h4-9H,10-16H2,1-3H3,(H2,25,32)(H,26,31). The molecule has 1 radical (unpaired) electrons. The highest BCUT2D eigenvalue weighted by Gasteiger charge is 2.27. The van der Waals surface area contributed by atoms with Crippen molar-refractivity contribution in [2.75, 3.05) is 39.8 Å². The molecule has 3 N–H and O–H groups in total. The van der Waals surface area contributed by atoms with Crippen molar-refractivity contribution in [1.29, 1.82) is 0 Å². The third kappa shape index (κ3) is 6.72. The van der Waals surface area contributed by atoms with Gasteiger partial charge < -0.3 is 20.4 Å². The number of rotatable bonds is 10. The van der Waals surface area contributed by atoms with E-state index in [9.17, 15) is 14.4 Å². The lowest BCUT2D eigenvalue weighted by molar-refractivity contribution is -0.126. The zero-order valence-electron chi connectivity index (χ0n) is 19.5. The molecule has 0 unspecified atom stereocenters. The fourth-order valence-electron chi connectivity index (χ4n) is 3.37. The van der Waals surface area contributed by atoms with Crippen LogP contribution in [-0.4, -0.2) is 72.2 Å². The second-order valence-electron chi connectivity index (χ2n) is 9.04. The van der Waals surface area contributed by atoms with Gasteiger partial charge in [0.05, 0.1) is 13.0 Å². The van der Waals surface area contributed by atoms with E-state index < -0.39 is 17.2 Å². The minimum absolute atomic E-state index is 0.158. The topological polar surface area (TPSA) is 122 Å². The van der Waals surface area contributed by atoms with Crippen molar-refractivity contribution in [2.45, 2.75) is 26.8 Å². The Morgan fingerprint density at radius 2 is 1.82 bits per heavy atom. The Bertz CT molecular complexity index is 978. The van der Waals surface area contributed by atoms with Crippen LogP contribution >= 0.6 is 0 Å². The number of carbonyl (C=O) groups excluding carboxylic acids is 3. The van der Waals surface area contributed by atoms with E-state index in [2.05, 4.69) is 27.1 Å². The van der Waals surface area contributed by atoms with Gasteiger partial charge in [-0.15, -0.1) is 0 Å². The molecular formula is C24H32N5O4. The number of primary amides is 1. The third-order valence-corrected chi connectivity index (χ3v) is 5.83. The number of nitrogens with two attached hydrogens (primary N) is 1. The number of hydrogen-bond acceptors (Lipinski definition) is 7. The van der Waals surface area contributed by atoms with Gasteiger partial charge in [-0.1, -0.05) is 32.0 Å². The highest BCUT2D eigenvalue weighted by atomic mass is 16.4. The van der Waals surface area contributed by atoms with Crippen molar-refractivity contribution < 1.29 is 18.8 Å². The van der Waals surface area contributed by atoms with E-state index in [1.54, 1.807) is 13.8 Å². The Balaban J connectivity index is 1.69. The number of amides is 2. The van der Waals surface area contributed by atoms with E-state index in [0.29, 0.717) is 18.1 Å². The molecule has 2 heterocycles. The summed E-state index contributed by atoms with van der Waals surface area (Å²) in [6, 6.07) is 9.40. The maximum absolute atomic E-state index is 13.0. The van der Waals surface area contributed by atoms with Gasteiger partial charge in [-0.05, 0) is 25.6 Å². The number of piperazine rings is 1. The summed E-state index contributed by atoms with van der Waals surface area (Å²) in [5.74, 6) is -0.758. The average molecular weight is 455 g/mol. The van der Waals surface area contributed by atoms with Crippen molar-refractivity contribution in [3.8, 4) is 11.5 Å². The zero-order chi connectivity index (χ0) is 24.0. The van der Waals surface area contributed by atoms with Crippen LogP contribution in [0.1, 0.15) is 36.5 Å². The number of carbonyl (C=O) groups is 3. The predicted octanol–water partition coefficient (Wildman–Crippen LogP) is 1.49. The molecule has 0 atom stereocenters. The van der Waals surface area contributed by atoms with Crippen LogP contribution in [0, 0.1) is 11.8 Å². The van der Waals surface area contributed by atoms with Gasteiger partial charge in [-0.2, -0.15) is 0 Å². The molecule has 0 spiro atoms. The Labute approximate surface area is 194 Å². The first-order valence-corrected chi connectivity index (χ1v) is 11.1.